The second kappa shape index (κ2) is 7.15. The van der Waals surface area contributed by atoms with Crippen molar-refractivity contribution in [1.82, 2.24) is 19.7 Å². The number of aromatic nitrogens is 3. The van der Waals surface area contributed by atoms with Gasteiger partial charge >= 0.3 is 0 Å². The molecule has 1 fully saturated rings. The summed E-state index contributed by atoms with van der Waals surface area (Å²) in [4.78, 5) is 42.0. The van der Waals surface area contributed by atoms with Gasteiger partial charge in [-0.3, -0.25) is 14.4 Å². The van der Waals surface area contributed by atoms with Gasteiger partial charge in [0.05, 0.1) is 17.0 Å². The molecule has 2 aromatic rings. The number of fused-ring (bicyclic) bond motifs is 2. The number of amides is 3. The third-order valence-electron chi connectivity index (χ3n) is 4.89. The molecule has 2 aliphatic rings. The highest BCUT2D eigenvalue weighted by Crippen LogP contribution is 2.32. The number of carbonyl (C=O) groups excluding carboxylic acids is 3. The van der Waals surface area contributed by atoms with Crippen LogP contribution in [-0.4, -0.2) is 55.7 Å². The zero-order valence-electron chi connectivity index (χ0n) is 14.9. The number of piperidine rings is 1. The molecule has 0 N–H and O–H groups in total. The monoisotopic (exact) mass is 385 g/mol. The maximum atomic E-state index is 13.2. The van der Waals surface area contributed by atoms with Crippen molar-refractivity contribution in [3.8, 4) is 0 Å². The molecule has 0 spiro atoms. The molecule has 8 nitrogen and oxygen atoms in total. The minimum absolute atomic E-state index is 0.0352. The van der Waals surface area contributed by atoms with Gasteiger partial charge in [0.2, 0.25) is 5.91 Å². The summed E-state index contributed by atoms with van der Waals surface area (Å²) in [5.41, 5.74) is 0.762. The van der Waals surface area contributed by atoms with E-state index in [2.05, 4.69) is 10.2 Å². The Morgan fingerprint density at radius 2 is 2.07 bits per heavy atom. The number of rotatable bonds is 3. The molecule has 0 radical (unpaired) electrons. The first kappa shape index (κ1) is 17.7. The summed E-state index contributed by atoms with van der Waals surface area (Å²) in [5.74, 6) is -0.829. The van der Waals surface area contributed by atoms with Crippen molar-refractivity contribution in [3.63, 3.8) is 0 Å². The van der Waals surface area contributed by atoms with Gasteiger partial charge in [-0.25, -0.2) is 4.90 Å². The number of hydrogen-bond acceptors (Lipinski definition) is 6. The van der Waals surface area contributed by atoms with E-state index in [1.807, 2.05) is 0 Å². The molecule has 0 bridgehead atoms. The molecule has 3 amide bonds. The fraction of sp³-hybridized carbons (Fsp3) is 0.389. The molecule has 27 heavy (non-hydrogen) atoms. The number of carbonyl (C=O) groups is 3. The minimum atomic E-state index is -0.581. The molecule has 1 aromatic heterocycles. The maximum Gasteiger partial charge on any atom is 0.256 e. The van der Waals surface area contributed by atoms with Gasteiger partial charge in [-0.15, -0.1) is 10.2 Å². The average molecular weight is 385 g/mol. The van der Waals surface area contributed by atoms with Gasteiger partial charge in [-0.2, -0.15) is 0 Å². The second-order valence-electron chi connectivity index (χ2n) is 6.61. The van der Waals surface area contributed by atoms with E-state index in [1.54, 1.807) is 47.1 Å². The Morgan fingerprint density at radius 1 is 1.26 bits per heavy atom. The molecule has 1 atom stereocenters. The number of hydrogen-bond donors (Lipinski definition) is 0. The Hall–Kier alpha value is -2.68. The van der Waals surface area contributed by atoms with Gasteiger partial charge in [-0.1, -0.05) is 23.9 Å². The van der Waals surface area contributed by atoms with Crippen LogP contribution in [0.1, 0.15) is 29.6 Å². The smallest absolute Gasteiger partial charge is 0.256 e. The van der Waals surface area contributed by atoms with Crippen molar-refractivity contribution in [2.45, 2.75) is 30.5 Å². The van der Waals surface area contributed by atoms with Gasteiger partial charge in [0.1, 0.15) is 12.4 Å². The Bertz CT molecular complexity index is 912. The Morgan fingerprint density at radius 3 is 2.85 bits per heavy atom. The summed E-state index contributed by atoms with van der Waals surface area (Å²) in [6.07, 6.45) is 3.87. The van der Waals surface area contributed by atoms with Crippen LogP contribution in [0.2, 0.25) is 0 Å². The van der Waals surface area contributed by atoms with Gasteiger partial charge < -0.3 is 9.47 Å². The number of imide groups is 1. The van der Waals surface area contributed by atoms with Crippen LogP contribution in [-0.2, 0) is 16.6 Å². The van der Waals surface area contributed by atoms with E-state index in [0.717, 1.165) is 12.8 Å². The van der Waals surface area contributed by atoms with Crippen molar-refractivity contribution in [3.05, 3.63) is 36.2 Å². The van der Waals surface area contributed by atoms with E-state index in [4.69, 9.17) is 0 Å². The van der Waals surface area contributed by atoms with Gasteiger partial charge in [-0.05, 0) is 31.4 Å². The highest BCUT2D eigenvalue weighted by atomic mass is 32.2. The summed E-state index contributed by atoms with van der Waals surface area (Å²) < 4.78 is 1.71. The van der Waals surface area contributed by atoms with Crippen LogP contribution in [0.3, 0.4) is 0 Å². The minimum Gasteiger partial charge on any atom is -0.327 e. The number of nitrogens with zero attached hydrogens (tertiary/aromatic N) is 5. The van der Waals surface area contributed by atoms with E-state index in [1.165, 1.54) is 16.7 Å². The van der Waals surface area contributed by atoms with Crippen LogP contribution in [0.5, 0.6) is 0 Å². The molecule has 0 saturated carbocycles. The van der Waals surface area contributed by atoms with E-state index in [-0.39, 0.29) is 23.5 Å². The van der Waals surface area contributed by atoms with Crippen LogP contribution < -0.4 is 4.90 Å². The fourth-order valence-corrected chi connectivity index (χ4v) is 4.29. The third kappa shape index (κ3) is 3.12. The Labute approximate surface area is 160 Å². The summed E-state index contributed by atoms with van der Waals surface area (Å²) >= 11 is 1.22. The Balaban J connectivity index is 1.68. The van der Waals surface area contributed by atoms with Gasteiger partial charge in [0.15, 0.2) is 5.16 Å². The molecular formula is C18H19N5O3S. The van der Waals surface area contributed by atoms with Crippen molar-refractivity contribution in [1.29, 1.82) is 0 Å². The van der Waals surface area contributed by atoms with Crippen LogP contribution >= 0.6 is 11.8 Å². The number of thioether (sulfide) groups is 1. The lowest BCUT2D eigenvalue weighted by Crippen LogP contribution is -2.52. The lowest BCUT2D eigenvalue weighted by molar-refractivity contribution is -0.128. The first-order valence-corrected chi connectivity index (χ1v) is 9.80. The average Bonchev–Trinajstić information content (AvgIpc) is 3.07. The Kier molecular flexibility index (Phi) is 4.69. The summed E-state index contributed by atoms with van der Waals surface area (Å²) in [6, 6.07) is 6.25. The highest BCUT2D eigenvalue weighted by molar-refractivity contribution is 7.99. The number of para-hydroxylation sites is 1. The molecular weight excluding hydrogens is 366 g/mol. The normalized spacial score (nSPS) is 19.5. The largest absolute Gasteiger partial charge is 0.327 e. The van der Waals surface area contributed by atoms with Crippen molar-refractivity contribution in [2.75, 3.05) is 17.2 Å². The highest BCUT2D eigenvalue weighted by Gasteiger charge is 2.42. The lowest BCUT2D eigenvalue weighted by Gasteiger charge is -2.34. The zero-order valence-corrected chi connectivity index (χ0v) is 15.7. The van der Waals surface area contributed by atoms with Crippen LogP contribution in [0.4, 0.5) is 5.69 Å². The van der Waals surface area contributed by atoms with Crippen molar-refractivity contribution in [2.24, 2.45) is 7.05 Å². The van der Waals surface area contributed by atoms with Crippen LogP contribution in [0.15, 0.2) is 35.7 Å². The number of aryl methyl sites for hydroxylation is 1. The summed E-state index contributed by atoms with van der Waals surface area (Å²) in [7, 11) is 1.79. The predicted molar refractivity (Wildman–Crippen MR) is 99.3 cm³/mol. The van der Waals surface area contributed by atoms with Crippen LogP contribution in [0, 0.1) is 0 Å². The van der Waals surface area contributed by atoms with E-state index in [9.17, 15) is 14.4 Å². The zero-order chi connectivity index (χ0) is 19.0. The van der Waals surface area contributed by atoms with E-state index >= 15 is 0 Å². The fourth-order valence-electron chi connectivity index (χ4n) is 3.55. The second-order valence-corrected chi connectivity index (χ2v) is 7.55. The summed E-state index contributed by atoms with van der Waals surface area (Å²) in [5, 5.41) is 8.33. The molecule has 1 unspecified atom stereocenters. The summed E-state index contributed by atoms with van der Waals surface area (Å²) in [6.45, 7) is 0.541. The van der Waals surface area contributed by atoms with Crippen molar-refractivity contribution >= 4 is 35.2 Å². The molecule has 4 rings (SSSR count). The van der Waals surface area contributed by atoms with Crippen LogP contribution in [0.25, 0.3) is 0 Å². The van der Waals surface area contributed by atoms with E-state index < -0.39 is 6.04 Å². The molecule has 9 heteroatoms. The van der Waals surface area contributed by atoms with Gasteiger partial charge in [0.25, 0.3) is 11.8 Å². The predicted octanol–water partition coefficient (Wildman–Crippen LogP) is 1.48. The SMILES string of the molecule is Cn1cnnc1SCC(=O)N1C(=O)C2CCCCN2C(=O)c2ccccc21. The first-order valence-electron chi connectivity index (χ1n) is 8.81. The molecule has 3 heterocycles. The molecule has 1 aromatic carbocycles. The first-order chi connectivity index (χ1) is 13.1. The molecule has 0 aliphatic carbocycles. The number of benzene rings is 1. The topological polar surface area (TPSA) is 88.4 Å². The molecule has 1 saturated heterocycles. The third-order valence-corrected chi connectivity index (χ3v) is 5.91. The van der Waals surface area contributed by atoms with E-state index in [0.29, 0.717) is 29.4 Å². The quantitative estimate of drug-likeness (QED) is 0.744. The lowest BCUT2D eigenvalue weighted by atomic mass is 10.0. The standard InChI is InChI=1S/C18H19N5O3S/c1-21-11-19-20-18(21)27-10-15(24)23-13-7-3-2-6-12(13)16(25)22-9-5-4-8-14(22)17(23)26/h2-3,6-7,11,14H,4-5,8-10H2,1H3. The number of anilines is 1. The van der Waals surface area contributed by atoms with Crippen molar-refractivity contribution < 1.29 is 14.4 Å². The molecule has 2 aliphatic heterocycles. The maximum absolute atomic E-state index is 13.2. The molecule has 140 valence electrons. The van der Waals surface area contributed by atoms with Gasteiger partial charge in [0, 0.05) is 13.6 Å².